The van der Waals surface area contributed by atoms with Crippen LogP contribution in [-0.4, -0.2) is 41.9 Å². The molecular weight excluding hydrogens is 396 g/mol. The Hall–Kier alpha value is -2.41. The van der Waals surface area contributed by atoms with Crippen LogP contribution in [0.1, 0.15) is 29.8 Å². The average Bonchev–Trinajstić information content (AvgIpc) is 2.72. The topological polar surface area (TPSA) is 71.1 Å². The van der Waals surface area contributed by atoms with Crippen LogP contribution in [0.4, 0.5) is 0 Å². The maximum absolute atomic E-state index is 12.6. The van der Waals surface area contributed by atoms with Gasteiger partial charge in [-0.25, -0.2) is 4.79 Å². The summed E-state index contributed by atoms with van der Waals surface area (Å²) in [6.45, 7) is 3.25. The molecule has 2 aromatic carbocycles. The van der Waals surface area contributed by atoms with Gasteiger partial charge < -0.3 is 18.9 Å². The first-order chi connectivity index (χ1) is 14.0. The Kier molecular flexibility index (Phi) is 7.25. The monoisotopic (exact) mass is 418 g/mol. The Morgan fingerprint density at radius 3 is 2.17 bits per heavy atom. The summed E-state index contributed by atoms with van der Waals surface area (Å²) < 4.78 is 22.8. The van der Waals surface area contributed by atoms with Crippen LogP contribution in [0.25, 0.3) is 0 Å². The Morgan fingerprint density at radius 1 is 0.931 bits per heavy atom. The first kappa shape index (κ1) is 21.3. The Morgan fingerprint density at radius 2 is 1.55 bits per heavy atom. The predicted molar refractivity (Wildman–Crippen MR) is 106 cm³/mol. The highest BCUT2D eigenvalue weighted by Gasteiger charge is 2.48. The molecule has 0 unspecified atom stereocenters. The van der Waals surface area contributed by atoms with Gasteiger partial charge in [0, 0.05) is 6.92 Å². The zero-order valence-electron chi connectivity index (χ0n) is 16.2. The number of alkyl halides is 1. The molecule has 1 heterocycles. The van der Waals surface area contributed by atoms with Crippen molar-refractivity contribution in [3.05, 3.63) is 71.8 Å². The molecule has 1 saturated heterocycles. The van der Waals surface area contributed by atoms with Crippen LogP contribution < -0.4 is 0 Å². The maximum Gasteiger partial charge on any atom is 0.338 e. The molecule has 0 saturated carbocycles. The normalized spacial score (nSPS) is 26.5. The summed E-state index contributed by atoms with van der Waals surface area (Å²) in [5, 5.41) is 0. The molecule has 0 N–H and O–H groups in total. The molecule has 0 amide bonds. The van der Waals surface area contributed by atoms with Crippen molar-refractivity contribution in [3.63, 3.8) is 0 Å². The smallest absolute Gasteiger partial charge is 0.338 e. The van der Waals surface area contributed by atoms with E-state index in [9.17, 15) is 9.59 Å². The SMILES string of the molecule is CC(=O)O[C@@H]1[C@H](OCc2ccccc2)[C@@H](OC(=O)c2ccccc2)[C@H](C)O[C@H]1Cl. The fourth-order valence-corrected chi connectivity index (χ4v) is 3.52. The van der Waals surface area contributed by atoms with Crippen molar-refractivity contribution in [1.29, 1.82) is 0 Å². The first-order valence-electron chi connectivity index (χ1n) is 9.34. The lowest BCUT2D eigenvalue weighted by Crippen LogP contribution is -2.58. The number of carbonyl (C=O) groups is 2. The van der Waals surface area contributed by atoms with E-state index in [1.54, 1.807) is 31.2 Å². The van der Waals surface area contributed by atoms with Gasteiger partial charge in [-0.15, -0.1) is 0 Å². The highest BCUT2D eigenvalue weighted by Crippen LogP contribution is 2.31. The van der Waals surface area contributed by atoms with E-state index in [-0.39, 0.29) is 6.61 Å². The van der Waals surface area contributed by atoms with E-state index in [4.69, 9.17) is 30.5 Å². The molecule has 3 rings (SSSR count). The summed E-state index contributed by atoms with van der Waals surface area (Å²) in [6, 6.07) is 18.1. The van der Waals surface area contributed by atoms with Crippen molar-refractivity contribution in [2.75, 3.05) is 0 Å². The molecule has 154 valence electrons. The van der Waals surface area contributed by atoms with Crippen LogP contribution in [0.5, 0.6) is 0 Å². The number of rotatable bonds is 6. The van der Waals surface area contributed by atoms with Gasteiger partial charge in [0.1, 0.15) is 6.10 Å². The zero-order chi connectivity index (χ0) is 20.8. The summed E-state index contributed by atoms with van der Waals surface area (Å²) in [5.74, 6) is -1.05. The van der Waals surface area contributed by atoms with Crippen LogP contribution in [0.3, 0.4) is 0 Å². The standard InChI is InChI=1S/C22H23ClO6/c1-14-18(29-22(25)17-11-7-4-8-12-17)19(20(21(23)27-14)28-15(2)24)26-13-16-9-5-3-6-10-16/h3-12,14,18-21H,13H2,1-2H3/t14-,18-,19+,20+,21+/m0/s1. The van der Waals surface area contributed by atoms with Crippen LogP contribution >= 0.6 is 11.6 Å². The van der Waals surface area contributed by atoms with E-state index in [0.717, 1.165) is 5.56 Å². The third-order valence-corrected chi connectivity index (χ3v) is 4.90. The third kappa shape index (κ3) is 5.56. The summed E-state index contributed by atoms with van der Waals surface area (Å²) in [5.41, 5.74) is 0.396. The molecule has 1 aliphatic rings. The van der Waals surface area contributed by atoms with Gasteiger partial charge in [-0.2, -0.15) is 0 Å². The van der Waals surface area contributed by atoms with Crippen LogP contribution in [0.2, 0.25) is 0 Å². The van der Waals surface area contributed by atoms with Crippen molar-refractivity contribution in [2.24, 2.45) is 0 Å². The Balaban J connectivity index is 1.82. The van der Waals surface area contributed by atoms with E-state index >= 15 is 0 Å². The second kappa shape index (κ2) is 9.87. The molecule has 0 radical (unpaired) electrons. The van der Waals surface area contributed by atoms with Crippen LogP contribution in [0, 0.1) is 0 Å². The van der Waals surface area contributed by atoms with Crippen LogP contribution in [0.15, 0.2) is 60.7 Å². The van der Waals surface area contributed by atoms with Crippen molar-refractivity contribution in [3.8, 4) is 0 Å². The number of hydrogen-bond acceptors (Lipinski definition) is 6. The molecule has 29 heavy (non-hydrogen) atoms. The summed E-state index contributed by atoms with van der Waals surface area (Å²) >= 11 is 6.30. The van der Waals surface area contributed by atoms with Crippen molar-refractivity contribution >= 4 is 23.5 Å². The molecule has 0 spiro atoms. The minimum Gasteiger partial charge on any atom is -0.455 e. The van der Waals surface area contributed by atoms with Gasteiger partial charge in [0.15, 0.2) is 17.8 Å². The van der Waals surface area contributed by atoms with Crippen molar-refractivity contribution < 1.29 is 28.5 Å². The van der Waals surface area contributed by atoms with Crippen LogP contribution in [-0.2, 0) is 30.3 Å². The van der Waals surface area contributed by atoms with Gasteiger partial charge in [0.25, 0.3) is 0 Å². The van der Waals surface area contributed by atoms with Gasteiger partial charge >= 0.3 is 11.9 Å². The highest BCUT2D eigenvalue weighted by atomic mass is 35.5. The molecule has 0 aliphatic carbocycles. The number of hydrogen-bond donors (Lipinski definition) is 0. The quantitative estimate of drug-likeness (QED) is 0.526. The molecular formula is C22H23ClO6. The minimum atomic E-state index is -0.929. The third-order valence-electron chi connectivity index (χ3n) is 4.55. The average molecular weight is 419 g/mol. The molecule has 0 aromatic heterocycles. The van der Waals surface area contributed by atoms with Gasteiger partial charge in [-0.3, -0.25) is 4.79 Å². The van der Waals surface area contributed by atoms with Gasteiger partial charge in [0.2, 0.25) is 0 Å². The molecule has 1 fully saturated rings. The first-order valence-corrected chi connectivity index (χ1v) is 9.77. The zero-order valence-corrected chi connectivity index (χ0v) is 17.0. The fourth-order valence-electron chi connectivity index (χ4n) is 3.16. The fraction of sp³-hybridized carbons (Fsp3) is 0.364. The molecule has 7 heteroatoms. The number of ether oxygens (including phenoxy) is 4. The lowest BCUT2D eigenvalue weighted by atomic mass is 9.99. The molecule has 1 aliphatic heterocycles. The van der Waals surface area contributed by atoms with E-state index in [0.29, 0.717) is 5.56 Å². The summed E-state index contributed by atoms with van der Waals surface area (Å²) in [4.78, 5) is 24.2. The number of esters is 2. The minimum absolute atomic E-state index is 0.235. The van der Waals surface area contributed by atoms with E-state index < -0.39 is 41.9 Å². The number of halogens is 1. The van der Waals surface area contributed by atoms with Crippen molar-refractivity contribution in [1.82, 2.24) is 0 Å². The molecule has 0 bridgehead atoms. The van der Waals surface area contributed by atoms with E-state index in [1.165, 1.54) is 6.92 Å². The lowest BCUT2D eigenvalue weighted by Gasteiger charge is -2.42. The predicted octanol–water partition coefficient (Wildman–Crippen LogP) is 3.71. The molecule has 2 aromatic rings. The summed E-state index contributed by atoms with van der Waals surface area (Å²) in [6.07, 6.45) is -3.09. The lowest BCUT2D eigenvalue weighted by molar-refractivity contribution is -0.225. The number of benzene rings is 2. The van der Waals surface area contributed by atoms with Gasteiger partial charge in [-0.1, -0.05) is 60.1 Å². The second-order valence-electron chi connectivity index (χ2n) is 6.76. The number of carbonyl (C=O) groups excluding carboxylic acids is 2. The Labute approximate surface area is 174 Å². The largest absolute Gasteiger partial charge is 0.455 e. The molecule has 6 nitrogen and oxygen atoms in total. The maximum atomic E-state index is 12.6. The summed E-state index contributed by atoms with van der Waals surface area (Å²) in [7, 11) is 0. The van der Waals surface area contributed by atoms with E-state index in [1.807, 2.05) is 36.4 Å². The van der Waals surface area contributed by atoms with Gasteiger partial charge in [0.05, 0.1) is 18.3 Å². The van der Waals surface area contributed by atoms with E-state index in [2.05, 4.69) is 0 Å². The van der Waals surface area contributed by atoms with Gasteiger partial charge in [-0.05, 0) is 24.6 Å². The highest BCUT2D eigenvalue weighted by molar-refractivity contribution is 6.20. The van der Waals surface area contributed by atoms with Crippen molar-refractivity contribution in [2.45, 2.75) is 50.4 Å². The Bertz CT molecular complexity index is 813. The molecule has 5 atom stereocenters. The second-order valence-corrected chi connectivity index (χ2v) is 7.19.